The molecule has 0 saturated heterocycles. The van der Waals surface area contributed by atoms with E-state index in [0.717, 1.165) is 44.2 Å². The van der Waals surface area contributed by atoms with Gasteiger partial charge in [0.15, 0.2) is 0 Å². The van der Waals surface area contributed by atoms with Gasteiger partial charge in [0.05, 0.1) is 5.71 Å². The van der Waals surface area contributed by atoms with Crippen molar-refractivity contribution in [3.8, 4) is 0 Å². The van der Waals surface area contributed by atoms with Crippen molar-refractivity contribution >= 4 is 17.4 Å². The van der Waals surface area contributed by atoms with Crippen LogP contribution >= 0.6 is 0 Å². The van der Waals surface area contributed by atoms with E-state index in [1.807, 2.05) is 0 Å². The van der Waals surface area contributed by atoms with E-state index in [1.54, 1.807) is 7.11 Å². The normalized spacial score (nSPS) is 43.8. The Labute approximate surface area is 197 Å². The summed E-state index contributed by atoms with van der Waals surface area (Å²) in [5.74, 6) is 1.64. The maximum absolute atomic E-state index is 12.1. The van der Waals surface area contributed by atoms with E-state index in [9.17, 15) is 9.90 Å². The van der Waals surface area contributed by atoms with Crippen molar-refractivity contribution in [1.29, 1.82) is 0 Å². The molecule has 7 atom stereocenters. The number of oxime groups is 2. The first-order chi connectivity index (χ1) is 15.6. The molecule has 4 aliphatic rings. The summed E-state index contributed by atoms with van der Waals surface area (Å²) < 4.78 is 5.26. The molecular formula is C26H40N2O5. The largest absolute Gasteiger partial charge is 0.459 e. The van der Waals surface area contributed by atoms with E-state index in [1.165, 1.54) is 19.6 Å². The Bertz CT molecular complexity index is 882. The summed E-state index contributed by atoms with van der Waals surface area (Å²) in [6.45, 7) is 8.38. The zero-order valence-electron chi connectivity index (χ0n) is 21.0. The molecule has 0 spiro atoms. The number of carbonyl (C=O) groups is 1. The highest BCUT2D eigenvalue weighted by molar-refractivity contribution is 5.96. The van der Waals surface area contributed by atoms with Gasteiger partial charge in [-0.2, -0.15) is 0 Å². The van der Waals surface area contributed by atoms with Gasteiger partial charge in [-0.1, -0.05) is 36.7 Å². The third-order valence-corrected chi connectivity index (χ3v) is 9.75. The Kier molecular flexibility index (Phi) is 6.40. The topological polar surface area (TPSA) is 89.7 Å². The van der Waals surface area contributed by atoms with Crippen LogP contribution in [0, 0.1) is 34.5 Å². The third-order valence-electron chi connectivity index (χ3n) is 9.75. The van der Waals surface area contributed by atoms with Crippen molar-refractivity contribution in [2.75, 3.05) is 20.8 Å². The first-order valence-corrected chi connectivity index (χ1v) is 12.4. The van der Waals surface area contributed by atoms with Crippen molar-refractivity contribution in [3.63, 3.8) is 0 Å². The summed E-state index contributed by atoms with van der Waals surface area (Å²) in [5.41, 5.74) is 1.74. The summed E-state index contributed by atoms with van der Waals surface area (Å²) in [6.07, 6.45) is 9.05. The third kappa shape index (κ3) is 3.71. The van der Waals surface area contributed by atoms with Gasteiger partial charge in [0.1, 0.15) is 32.1 Å². The summed E-state index contributed by atoms with van der Waals surface area (Å²) in [4.78, 5) is 21.6. The second kappa shape index (κ2) is 8.71. The van der Waals surface area contributed by atoms with Crippen LogP contribution in [0.4, 0.5) is 0 Å². The minimum absolute atomic E-state index is 0.0291. The molecular weight excluding hydrogens is 420 g/mol. The molecule has 3 fully saturated rings. The van der Waals surface area contributed by atoms with Gasteiger partial charge in [-0.25, -0.2) is 0 Å². The molecule has 3 saturated carbocycles. The number of nitrogens with zero attached hydrogens (tertiary/aromatic N) is 2. The fourth-order valence-electron chi connectivity index (χ4n) is 8.18. The van der Waals surface area contributed by atoms with Gasteiger partial charge in [0, 0.05) is 12.3 Å². The van der Waals surface area contributed by atoms with Gasteiger partial charge in [-0.05, 0) is 80.1 Å². The van der Waals surface area contributed by atoms with Crippen LogP contribution in [0.5, 0.6) is 0 Å². The van der Waals surface area contributed by atoms with Gasteiger partial charge in [0.2, 0.25) is 0 Å². The van der Waals surface area contributed by atoms with Crippen LogP contribution in [0.2, 0.25) is 0 Å². The van der Waals surface area contributed by atoms with Gasteiger partial charge in [0.25, 0.3) is 0 Å². The second-order valence-corrected chi connectivity index (χ2v) is 11.2. The van der Waals surface area contributed by atoms with Crippen LogP contribution in [0.25, 0.3) is 0 Å². The number of hydrogen-bond donors (Lipinski definition) is 1. The number of esters is 1. The molecule has 7 heteroatoms. The lowest BCUT2D eigenvalue weighted by Crippen LogP contribution is -2.59. The number of allylic oxidation sites excluding steroid dienone is 2. The fraction of sp³-hybridized carbons (Fsp3) is 0.808. The Balaban J connectivity index is 1.66. The molecule has 0 unspecified atom stereocenters. The summed E-state index contributed by atoms with van der Waals surface area (Å²) in [5, 5.41) is 20.5. The van der Waals surface area contributed by atoms with Crippen LogP contribution in [0.15, 0.2) is 22.0 Å². The van der Waals surface area contributed by atoms with Crippen LogP contribution in [0.3, 0.4) is 0 Å². The highest BCUT2D eigenvalue weighted by Gasteiger charge is 2.66. The van der Waals surface area contributed by atoms with Gasteiger partial charge < -0.3 is 19.5 Å². The van der Waals surface area contributed by atoms with E-state index in [2.05, 4.69) is 37.2 Å². The van der Waals surface area contributed by atoms with E-state index < -0.39 is 5.60 Å². The summed E-state index contributed by atoms with van der Waals surface area (Å²) in [7, 11) is 3.09. The average molecular weight is 461 g/mol. The molecule has 4 rings (SSSR count). The molecule has 4 aliphatic carbocycles. The quantitative estimate of drug-likeness (QED) is 0.371. The minimum Gasteiger partial charge on any atom is -0.459 e. The van der Waals surface area contributed by atoms with Crippen molar-refractivity contribution in [2.45, 2.75) is 78.2 Å². The molecule has 1 N–H and O–H groups in total. The van der Waals surface area contributed by atoms with Crippen LogP contribution in [-0.4, -0.2) is 48.9 Å². The van der Waals surface area contributed by atoms with E-state index in [4.69, 9.17) is 14.4 Å². The van der Waals surface area contributed by atoms with Crippen molar-refractivity contribution in [1.82, 2.24) is 0 Å². The standard InChI is InChI=1S/C26H40N2O5/c1-16-13-19-20(24(3)10-7-18(27-31-5)14-22(16)24)8-11-25(4)21(19)9-12-26(25,30)23(28-32-6)15-33-17(2)29/h14,16,19-21,30H,7-13,15H2,1-6H3/b27-18-,28-23+/t16-,19+,20-,21-,24+,25-,26-/m0/s1. The molecule has 0 aromatic heterocycles. The number of rotatable bonds is 5. The van der Waals surface area contributed by atoms with Crippen LogP contribution < -0.4 is 0 Å². The lowest BCUT2D eigenvalue weighted by atomic mass is 9.44. The molecule has 0 aromatic carbocycles. The first kappa shape index (κ1) is 24.2. The zero-order chi connectivity index (χ0) is 24.0. The van der Waals surface area contributed by atoms with Gasteiger partial charge in [-0.3, -0.25) is 4.79 Å². The zero-order valence-corrected chi connectivity index (χ0v) is 21.0. The molecule has 0 bridgehead atoms. The fourth-order valence-corrected chi connectivity index (χ4v) is 8.18. The molecule has 0 aliphatic heterocycles. The molecule has 7 nitrogen and oxygen atoms in total. The molecule has 0 radical (unpaired) electrons. The number of fused-ring (bicyclic) bond motifs is 5. The summed E-state index contributed by atoms with van der Waals surface area (Å²) >= 11 is 0. The van der Waals surface area contributed by atoms with Crippen molar-refractivity contribution in [2.24, 2.45) is 44.8 Å². The van der Waals surface area contributed by atoms with E-state index in [0.29, 0.717) is 35.8 Å². The molecule has 184 valence electrons. The minimum atomic E-state index is -1.13. The highest BCUT2D eigenvalue weighted by atomic mass is 16.6. The lowest BCUT2D eigenvalue weighted by Gasteiger charge is -2.60. The lowest BCUT2D eigenvalue weighted by molar-refractivity contribution is -0.140. The van der Waals surface area contributed by atoms with E-state index in [-0.39, 0.29) is 23.4 Å². The Hall–Kier alpha value is -1.89. The number of hydrogen-bond acceptors (Lipinski definition) is 7. The molecule has 0 amide bonds. The van der Waals surface area contributed by atoms with E-state index >= 15 is 0 Å². The molecule has 0 heterocycles. The molecule has 33 heavy (non-hydrogen) atoms. The van der Waals surface area contributed by atoms with Gasteiger partial charge in [-0.15, -0.1) is 0 Å². The van der Waals surface area contributed by atoms with Crippen molar-refractivity contribution < 1.29 is 24.3 Å². The smallest absolute Gasteiger partial charge is 0.303 e. The van der Waals surface area contributed by atoms with Crippen LogP contribution in [-0.2, 0) is 19.2 Å². The predicted octanol–water partition coefficient (Wildman–Crippen LogP) is 4.49. The Morgan fingerprint density at radius 2 is 1.88 bits per heavy atom. The van der Waals surface area contributed by atoms with Crippen molar-refractivity contribution in [3.05, 3.63) is 11.6 Å². The maximum atomic E-state index is 12.1. The first-order valence-electron chi connectivity index (χ1n) is 12.4. The number of carbonyl (C=O) groups excluding carboxylic acids is 1. The molecule has 0 aromatic rings. The Morgan fingerprint density at radius 1 is 1.15 bits per heavy atom. The summed E-state index contributed by atoms with van der Waals surface area (Å²) in [6, 6.07) is 0. The number of ether oxygens (including phenoxy) is 1. The average Bonchev–Trinajstić information content (AvgIpc) is 3.04. The Morgan fingerprint density at radius 3 is 2.55 bits per heavy atom. The number of aliphatic hydroxyl groups is 1. The highest BCUT2D eigenvalue weighted by Crippen LogP contribution is 2.68. The van der Waals surface area contributed by atoms with Crippen LogP contribution in [0.1, 0.15) is 72.6 Å². The van der Waals surface area contributed by atoms with Gasteiger partial charge >= 0.3 is 5.97 Å². The maximum Gasteiger partial charge on any atom is 0.303 e. The SMILES string of the molecule is CO/N=C1\C=C2[C@@H](C)C[C@@H]3[C@H](CC[C@@]4(C)[C@H]3CC[C@]4(O)/C(COC(C)=O)=N/OC)[C@@]2(C)CC1. The monoisotopic (exact) mass is 460 g/mol. The second-order valence-electron chi connectivity index (χ2n) is 11.2. The predicted molar refractivity (Wildman–Crippen MR) is 127 cm³/mol.